The fraction of sp³-hybridized carbons (Fsp3) is 0.415. The number of likely N-dealkylation sites (tertiary alicyclic amines) is 2. The number of anilines is 1. The Morgan fingerprint density at radius 2 is 1.64 bits per heavy atom. The number of amides is 4. The fourth-order valence-electron chi connectivity index (χ4n) is 8.17. The molecule has 3 saturated heterocycles. The van der Waals surface area contributed by atoms with Crippen molar-refractivity contribution in [2.75, 3.05) is 38.5 Å². The van der Waals surface area contributed by atoms with Crippen LogP contribution in [0, 0.1) is 5.82 Å². The summed E-state index contributed by atoms with van der Waals surface area (Å²) in [6, 6.07) is 15.8. The highest BCUT2D eigenvalue weighted by Gasteiger charge is 2.34. The molecule has 7 rings (SSSR count). The zero-order valence-corrected chi connectivity index (χ0v) is 31.2. The molecule has 11 nitrogen and oxygen atoms in total. The van der Waals surface area contributed by atoms with Gasteiger partial charge in [0.05, 0.1) is 0 Å². The minimum Gasteiger partial charge on any atom is -0.405 e. The maximum Gasteiger partial charge on any atom is 0.573 e. The van der Waals surface area contributed by atoms with Gasteiger partial charge in [0.2, 0.25) is 11.8 Å². The molecule has 3 aliphatic rings. The van der Waals surface area contributed by atoms with E-state index in [1.165, 1.54) is 16.7 Å². The third kappa shape index (κ3) is 8.52. The quantitative estimate of drug-likeness (QED) is 0.158. The highest BCUT2D eigenvalue weighted by molar-refractivity contribution is 6.01. The van der Waals surface area contributed by atoms with Crippen molar-refractivity contribution in [3.05, 3.63) is 94.2 Å². The SMILES string of the molecule is CN(C(=O)N1CCC(c2ccc(NC3CCC(=O)NC3=O)cc2F)CC1)C1CCN(Cc2ccc(-c3cn(C)c(=O)c4ccccc34)cc2OC(F)(F)F)CC1. The van der Waals surface area contributed by atoms with Crippen LogP contribution in [-0.4, -0.2) is 88.8 Å². The van der Waals surface area contributed by atoms with Crippen LogP contribution in [0.15, 0.2) is 71.7 Å². The molecule has 0 aliphatic carbocycles. The van der Waals surface area contributed by atoms with E-state index in [-0.39, 0.29) is 54.0 Å². The zero-order valence-electron chi connectivity index (χ0n) is 31.2. The second kappa shape index (κ2) is 16.0. The number of hydrogen-bond acceptors (Lipinski definition) is 7. The summed E-state index contributed by atoms with van der Waals surface area (Å²) in [6.07, 6.45) is -0.267. The number of piperidine rings is 3. The first-order valence-electron chi connectivity index (χ1n) is 18.8. The molecule has 1 aromatic heterocycles. The summed E-state index contributed by atoms with van der Waals surface area (Å²) in [5, 5.41) is 6.39. The van der Waals surface area contributed by atoms with Crippen molar-refractivity contribution in [2.45, 2.75) is 69.4 Å². The number of rotatable bonds is 8. The Morgan fingerprint density at radius 1 is 0.929 bits per heavy atom. The predicted octanol–water partition coefficient (Wildman–Crippen LogP) is 6.36. The maximum atomic E-state index is 15.2. The Kier molecular flexibility index (Phi) is 11.1. The summed E-state index contributed by atoms with van der Waals surface area (Å²) in [5.41, 5.74) is 2.30. The number of fused-ring (bicyclic) bond motifs is 1. The first kappa shape index (κ1) is 38.8. The van der Waals surface area contributed by atoms with Crippen molar-refractivity contribution >= 4 is 34.3 Å². The summed E-state index contributed by atoms with van der Waals surface area (Å²) in [7, 11) is 3.38. The summed E-state index contributed by atoms with van der Waals surface area (Å²) >= 11 is 0. The number of halogens is 4. The van der Waals surface area contributed by atoms with Gasteiger partial charge in [0.1, 0.15) is 17.6 Å². The van der Waals surface area contributed by atoms with Gasteiger partial charge < -0.3 is 24.4 Å². The average Bonchev–Trinajstić information content (AvgIpc) is 3.17. The molecular formula is C41H44F4N6O5. The molecule has 3 aliphatic heterocycles. The normalized spacial score (nSPS) is 18.9. The fourth-order valence-corrected chi connectivity index (χ4v) is 8.17. The monoisotopic (exact) mass is 776 g/mol. The number of aryl methyl sites for hydroxylation is 1. The first-order valence-corrected chi connectivity index (χ1v) is 18.8. The van der Waals surface area contributed by atoms with Crippen molar-refractivity contribution in [2.24, 2.45) is 7.05 Å². The molecule has 3 fully saturated rings. The lowest BCUT2D eigenvalue weighted by Gasteiger charge is -2.40. The topological polar surface area (TPSA) is 116 Å². The van der Waals surface area contributed by atoms with E-state index < -0.39 is 18.3 Å². The van der Waals surface area contributed by atoms with Crippen LogP contribution in [0.2, 0.25) is 0 Å². The second-order valence-corrected chi connectivity index (χ2v) is 14.9. The van der Waals surface area contributed by atoms with E-state index in [2.05, 4.69) is 20.3 Å². The van der Waals surface area contributed by atoms with Crippen molar-refractivity contribution in [3.63, 3.8) is 0 Å². The summed E-state index contributed by atoms with van der Waals surface area (Å²) in [4.78, 5) is 55.4. The number of pyridine rings is 1. The van der Waals surface area contributed by atoms with Gasteiger partial charge in [-0.1, -0.05) is 36.4 Å². The molecule has 0 radical (unpaired) electrons. The molecule has 296 valence electrons. The number of carbonyl (C=O) groups is 3. The lowest BCUT2D eigenvalue weighted by atomic mass is 9.89. The smallest absolute Gasteiger partial charge is 0.405 e. The van der Waals surface area contributed by atoms with Gasteiger partial charge in [-0.15, -0.1) is 13.2 Å². The summed E-state index contributed by atoms with van der Waals surface area (Å²) in [5.74, 6) is -1.51. The molecule has 0 saturated carbocycles. The average molecular weight is 777 g/mol. The highest BCUT2D eigenvalue weighted by Crippen LogP contribution is 2.36. The Bertz CT molecular complexity index is 2190. The van der Waals surface area contributed by atoms with E-state index in [0.29, 0.717) is 97.0 Å². The number of hydrogen-bond donors (Lipinski definition) is 2. The van der Waals surface area contributed by atoms with Gasteiger partial charge in [0.15, 0.2) is 0 Å². The number of imide groups is 1. The Hall–Kier alpha value is -5.44. The van der Waals surface area contributed by atoms with Gasteiger partial charge in [-0.2, -0.15) is 0 Å². The molecule has 1 unspecified atom stereocenters. The number of urea groups is 1. The highest BCUT2D eigenvalue weighted by atomic mass is 19.4. The minimum absolute atomic E-state index is 0.0513. The van der Waals surface area contributed by atoms with Crippen molar-refractivity contribution < 1.29 is 36.7 Å². The summed E-state index contributed by atoms with van der Waals surface area (Å²) in [6.45, 7) is 2.29. The molecule has 4 aromatic rings. The van der Waals surface area contributed by atoms with Gasteiger partial charge in [0, 0.05) is 87.7 Å². The van der Waals surface area contributed by atoms with E-state index >= 15 is 4.39 Å². The van der Waals surface area contributed by atoms with Crippen LogP contribution in [0.5, 0.6) is 5.75 Å². The van der Waals surface area contributed by atoms with E-state index in [1.807, 2.05) is 0 Å². The van der Waals surface area contributed by atoms with Crippen molar-refractivity contribution in [1.29, 1.82) is 0 Å². The standard InChI is InChI=1S/C41H44F4N6O5/c1-48-24-33(31-5-3-4-6-32(31)39(48)54)26-7-8-27(36(21-26)56-41(43,44)45)23-50-17-15-29(16-18-50)49(2)40(55)51-19-13-25(14-20-51)30-10-9-28(22-34(30)42)46-35-11-12-37(52)47-38(35)53/h3-10,21-22,24-25,29,35,46H,11-20,23H2,1-2H3,(H,47,52,53). The Balaban J connectivity index is 0.937. The number of carbonyl (C=O) groups excluding carboxylic acids is 3. The Morgan fingerprint density at radius 3 is 2.32 bits per heavy atom. The molecular weight excluding hydrogens is 732 g/mol. The lowest BCUT2D eigenvalue weighted by Crippen LogP contribution is -2.51. The second-order valence-electron chi connectivity index (χ2n) is 14.9. The number of nitrogens with zero attached hydrogens (tertiary/aromatic N) is 4. The molecule has 4 heterocycles. The molecule has 2 N–H and O–H groups in total. The number of benzene rings is 3. The van der Waals surface area contributed by atoms with E-state index in [0.717, 1.165) is 0 Å². The summed E-state index contributed by atoms with van der Waals surface area (Å²) < 4.78 is 62.1. The third-order valence-electron chi connectivity index (χ3n) is 11.3. The van der Waals surface area contributed by atoms with Crippen LogP contribution >= 0.6 is 0 Å². The van der Waals surface area contributed by atoms with Gasteiger partial charge in [-0.05, 0) is 78.8 Å². The largest absolute Gasteiger partial charge is 0.573 e. The molecule has 1 atom stereocenters. The molecule has 4 amide bonds. The van der Waals surface area contributed by atoms with E-state index in [4.69, 9.17) is 0 Å². The molecule has 3 aromatic carbocycles. The van der Waals surface area contributed by atoms with Crippen LogP contribution < -0.4 is 20.9 Å². The maximum absolute atomic E-state index is 15.2. The van der Waals surface area contributed by atoms with Gasteiger partial charge in [-0.25, -0.2) is 9.18 Å². The van der Waals surface area contributed by atoms with Gasteiger partial charge >= 0.3 is 12.4 Å². The minimum atomic E-state index is -4.90. The van der Waals surface area contributed by atoms with Crippen molar-refractivity contribution in [1.82, 2.24) is 24.6 Å². The predicted molar refractivity (Wildman–Crippen MR) is 203 cm³/mol. The number of nitrogens with one attached hydrogen (secondary N) is 2. The van der Waals surface area contributed by atoms with Crippen LogP contribution in [-0.2, 0) is 23.2 Å². The molecule has 15 heteroatoms. The van der Waals surface area contributed by atoms with E-state index in [1.54, 1.807) is 78.6 Å². The van der Waals surface area contributed by atoms with Crippen LogP contribution in [0.1, 0.15) is 55.6 Å². The van der Waals surface area contributed by atoms with E-state index in [9.17, 15) is 32.3 Å². The Labute approximate surface area is 321 Å². The van der Waals surface area contributed by atoms with Crippen molar-refractivity contribution in [3.8, 4) is 16.9 Å². The molecule has 0 spiro atoms. The van der Waals surface area contributed by atoms with Crippen LogP contribution in [0.4, 0.5) is 28.0 Å². The molecule has 56 heavy (non-hydrogen) atoms. The number of aromatic nitrogens is 1. The number of ether oxygens (including phenoxy) is 1. The third-order valence-corrected chi connectivity index (χ3v) is 11.3. The first-order chi connectivity index (χ1) is 26.7. The van der Waals surface area contributed by atoms with Crippen LogP contribution in [0.3, 0.4) is 0 Å². The zero-order chi connectivity index (χ0) is 39.7. The molecule has 0 bridgehead atoms. The van der Waals surface area contributed by atoms with Gasteiger partial charge in [-0.3, -0.25) is 24.6 Å². The number of alkyl halides is 3. The lowest BCUT2D eigenvalue weighted by molar-refractivity contribution is -0.275. The van der Waals surface area contributed by atoms with Crippen LogP contribution in [0.25, 0.3) is 21.9 Å². The van der Waals surface area contributed by atoms with Gasteiger partial charge in [0.25, 0.3) is 5.56 Å².